The molecule has 1 aromatic carbocycles. The highest BCUT2D eigenvalue weighted by Crippen LogP contribution is 2.22. The fourth-order valence-corrected chi connectivity index (χ4v) is 2.31. The van der Waals surface area contributed by atoms with Crippen molar-refractivity contribution in [2.75, 3.05) is 18.7 Å². The van der Waals surface area contributed by atoms with E-state index in [9.17, 15) is 0 Å². The molecule has 1 aromatic heterocycles. The Morgan fingerprint density at radius 3 is 2.45 bits per heavy atom. The molecule has 0 saturated heterocycles. The number of rotatable bonds is 5. The smallest absolute Gasteiger partial charge is 0.221 e. The fourth-order valence-electron chi connectivity index (χ4n) is 1.90. The quantitative estimate of drug-likeness (QED) is 0.854. The number of anilines is 1. The minimum Gasteiger partial charge on any atom is -0.481 e. The minimum absolute atomic E-state index is 0.623. The second-order valence-corrected chi connectivity index (χ2v) is 5.33. The molecule has 5 heteroatoms. The van der Waals surface area contributed by atoms with Gasteiger partial charge in [0.25, 0.3) is 0 Å². The Morgan fingerprint density at radius 2 is 1.85 bits per heavy atom. The summed E-state index contributed by atoms with van der Waals surface area (Å²) in [5.74, 6) is 2.15. The number of hydrogen-bond acceptors (Lipinski definition) is 5. The van der Waals surface area contributed by atoms with Crippen molar-refractivity contribution >= 4 is 17.6 Å². The number of aromatic nitrogens is 2. The highest BCUT2D eigenvalue weighted by molar-refractivity contribution is 7.98. The van der Waals surface area contributed by atoms with E-state index < -0.39 is 0 Å². The van der Waals surface area contributed by atoms with Gasteiger partial charge in [-0.1, -0.05) is 12.1 Å². The van der Waals surface area contributed by atoms with Crippen molar-refractivity contribution in [3.63, 3.8) is 0 Å². The fraction of sp³-hybridized carbons (Fsp3) is 0.333. The number of thioether (sulfide) groups is 1. The summed E-state index contributed by atoms with van der Waals surface area (Å²) in [6.07, 6.45) is 2.08. The van der Waals surface area contributed by atoms with Crippen LogP contribution in [0.15, 0.2) is 29.2 Å². The van der Waals surface area contributed by atoms with Crippen LogP contribution in [0.5, 0.6) is 5.88 Å². The van der Waals surface area contributed by atoms with Gasteiger partial charge in [-0.25, -0.2) is 4.98 Å². The third-order valence-corrected chi connectivity index (χ3v) is 3.77. The summed E-state index contributed by atoms with van der Waals surface area (Å²) in [4.78, 5) is 9.95. The van der Waals surface area contributed by atoms with Gasteiger partial charge in [0.15, 0.2) is 0 Å². The van der Waals surface area contributed by atoms with Crippen LogP contribution in [0.3, 0.4) is 0 Å². The van der Waals surface area contributed by atoms with Gasteiger partial charge in [-0.05, 0) is 37.8 Å². The number of benzene rings is 1. The van der Waals surface area contributed by atoms with E-state index in [1.54, 1.807) is 18.9 Å². The van der Waals surface area contributed by atoms with Gasteiger partial charge in [0, 0.05) is 11.4 Å². The molecule has 0 radical (unpaired) electrons. The normalized spacial score (nSPS) is 10.4. The first kappa shape index (κ1) is 14.7. The molecule has 20 heavy (non-hydrogen) atoms. The van der Waals surface area contributed by atoms with Crippen LogP contribution in [-0.2, 0) is 6.54 Å². The van der Waals surface area contributed by atoms with Gasteiger partial charge in [-0.3, -0.25) is 0 Å². The van der Waals surface area contributed by atoms with Crippen molar-refractivity contribution in [3.05, 3.63) is 41.2 Å². The zero-order chi connectivity index (χ0) is 14.5. The molecule has 0 unspecified atom stereocenters. The van der Waals surface area contributed by atoms with Gasteiger partial charge in [0.05, 0.1) is 12.7 Å². The lowest BCUT2D eigenvalue weighted by Gasteiger charge is -2.12. The maximum Gasteiger partial charge on any atom is 0.221 e. The molecule has 0 aliphatic heterocycles. The lowest BCUT2D eigenvalue weighted by Crippen LogP contribution is -2.07. The van der Waals surface area contributed by atoms with Crippen molar-refractivity contribution in [2.45, 2.75) is 25.3 Å². The van der Waals surface area contributed by atoms with Crippen molar-refractivity contribution in [1.82, 2.24) is 9.97 Å². The van der Waals surface area contributed by atoms with Crippen LogP contribution in [0, 0.1) is 13.8 Å². The molecule has 0 atom stereocenters. The van der Waals surface area contributed by atoms with Crippen LogP contribution >= 0.6 is 11.8 Å². The van der Waals surface area contributed by atoms with E-state index >= 15 is 0 Å². The van der Waals surface area contributed by atoms with Crippen molar-refractivity contribution < 1.29 is 4.74 Å². The number of methoxy groups -OCH3 is 1. The van der Waals surface area contributed by atoms with Crippen LogP contribution in [0.25, 0.3) is 0 Å². The second kappa shape index (κ2) is 6.61. The summed E-state index contributed by atoms with van der Waals surface area (Å²) < 4.78 is 5.25. The Morgan fingerprint density at radius 1 is 1.15 bits per heavy atom. The summed E-state index contributed by atoms with van der Waals surface area (Å²) in [7, 11) is 1.62. The Balaban J connectivity index is 2.11. The molecule has 1 heterocycles. The number of nitrogens with one attached hydrogen (secondary N) is 1. The molecule has 1 N–H and O–H groups in total. The van der Waals surface area contributed by atoms with Crippen LogP contribution in [0.1, 0.15) is 17.0 Å². The zero-order valence-electron chi connectivity index (χ0n) is 12.2. The molecule has 106 valence electrons. The van der Waals surface area contributed by atoms with E-state index in [-0.39, 0.29) is 0 Å². The summed E-state index contributed by atoms with van der Waals surface area (Å²) in [6, 6.07) is 8.50. The maximum absolute atomic E-state index is 5.25. The molecule has 0 aliphatic carbocycles. The summed E-state index contributed by atoms with van der Waals surface area (Å²) >= 11 is 1.74. The van der Waals surface area contributed by atoms with Crippen LogP contribution in [0.2, 0.25) is 0 Å². The van der Waals surface area contributed by atoms with Gasteiger partial charge in [-0.2, -0.15) is 4.98 Å². The van der Waals surface area contributed by atoms with Crippen molar-refractivity contribution in [2.24, 2.45) is 0 Å². The molecule has 0 fully saturated rings. The minimum atomic E-state index is 0.623. The molecule has 0 saturated carbocycles. The van der Waals surface area contributed by atoms with Gasteiger partial charge < -0.3 is 10.1 Å². The molecule has 0 bridgehead atoms. The summed E-state index contributed by atoms with van der Waals surface area (Å²) in [5, 5.41) is 3.34. The van der Waals surface area contributed by atoms with E-state index in [1.807, 2.05) is 13.8 Å². The van der Waals surface area contributed by atoms with Gasteiger partial charge in [0.1, 0.15) is 11.6 Å². The summed E-state index contributed by atoms with van der Waals surface area (Å²) in [6.45, 7) is 4.55. The van der Waals surface area contributed by atoms with E-state index in [0.29, 0.717) is 11.7 Å². The first-order chi connectivity index (χ1) is 9.63. The molecule has 2 rings (SSSR count). The Labute approximate surface area is 124 Å². The highest BCUT2D eigenvalue weighted by Gasteiger charge is 2.09. The van der Waals surface area contributed by atoms with E-state index in [0.717, 1.165) is 17.9 Å². The molecule has 0 amide bonds. The largest absolute Gasteiger partial charge is 0.481 e. The first-order valence-corrected chi connectivity index (χ1v) is 7.62. The average molecular weight is 289 g/mol. The van der Waals surface area contributed by atoms with Gasteiger partial charge >= 0.3 is 0 Å². The van der Waals surface area contributed by atoms with Crippen molar-refractivity contribution in [3.8, 4) is 5.88 Å². The number of nitrogens with zero attached hydrogens (tertiary/aromatic N) is 2. The SMILES string of the molecule is COc1nc(C)nc(NCc2ccc(SC)cc2)c1C. The lowest BCUT2D eigenvalue weighted by atomic mass is 10.2. The van der Waals surface area contributed by atoms with Gasteiger partial charge in [0.2, 0.25) is 5.88 Å². The predicted octanol–water partition coefficient (Wildman–Crippen LogP) is 3.44. The lowest BCUT2D eigenvalue weighted by molar-refractivity contribution is 0.392. The molecule has 0 aliphatic rings. The topological polar surface area (TPSA) is 47.0 Å². The molecular weight excluding hydrogens is 270 g/mol. The third kappa shape index (κ3) is 3.42. The Hall–Kier alpha value is -1.75. The molecule has 0 spiro atoms. The molecule has 2 aromatic rings. The Bertz CT molecular complexity index is 584. The zero-order valence-corrected chi connectivity index (χ0v) is 13.0. The van der Waals surface area contributed by atoms with Crippen molar-refractivity contribution in [1.29, 1.82) is 0 Å². The van der Waals surface area contributed by atoms with E-state index in [1.165, 1.54) is 10.5 Å². The van der Waals surface area contributed by atoms with E-state index in [2.05, 4.69) is 45.8 Å². The highest BCUT2D eigenvalue weighted by atomic mass is 32.2. The standard InChI is InChI=1S/C15H19N3OS/c1-10-14(17-11(2)18-15(10)19-3)16-9-12-5-7-13(20-4)8-6-12/h5-8H,9H2,1-4H3,(H,16,17,18). The van der Waals surface area contributed by atoms with Gasteiger partial charge in [-0.15, -0.1) is 11.8 Å². The number of ether oxygens (including phenoxy) is 1. The predicted molar refractivity (Wildman–Crippen MR) is 83.6 cm³/mol. The number of hydrogen-bond donors (Lipinski definition) is 1. The second-order valence-electron chi connectivity index (χ2n) is 4.46. The van der Waals surface area contributed by atoms with Crippen LogP contribution in [0.4, 0.5) is 5.82 Å². The first-order valence-electron chi connectivity index (χ1n) is 6.40. The van der Waals surface area contributed by atoms with Crippen LogP contribution in [-0.4, -0.2) is 23.3 Å². The number of aryl methyl sites for hydroxylation is 1. The van der Waals surface area contributed by atoms with E-state index in [4.69, 9.17) is 4.74 Å². The monoisotopic (exact) mass is 289 g/mol. The maximum atomic E-state index is 5.25. The van der Waals surface area contributed by atoms with Crippen LogP contribution < -0.4 is 10.1 Å². The molecule has 4 nitrogen and oxygen atoms in total. The average Bonchev–Trinajstić information content (AvgIpc) is 2.48. The molecular formula is C15H19N3OS. The Kier molecular flexibility index (Phi) is 4.84. The third-order valence-electron chi connectivity index (χ3n) is 3.03. The summed E-state index contributed by atoms with van der Waals surface area (Å²) in [5.41, 5.74) is 2.15.